The van der Waals surface area contributed by atoms with Gasteiger partial charge in [0, 0.05) is 49.5 Å². The Bertz CT molecular complexity index is 1090. The van der Waals surface area contributed by atoms with Gasteiger partial charge in [-0.05, 0) is 48.4 Å². The summed E-state index contributed by atoms with van der Waals surface area (Å²) >= 11 is 0. The fourth-order valence-electron chi connectivity index (χ4n) is 5.24. The third-order valence-electron chi connectivity index (χ3n) is 7.75. The van der Waals surface area contributed by atoms with Gasteiger partial charge in [-0.15, -0.1) is 0 Å². The maximum absolute atomic E-state index is 12.5. The van der Waals surface area contributed by atoms with Crippen LogP contribution in [0, 0.1) is 11.3 Å². The first-order chi connectivity index (χ1) is 16.5. The summed E-state index contributed by atoms with van der Waals surface area (Å²) in [5.74, 6) is 1.42. The number of carbonyl (C=O) groups excluding carboxylic acids is 1. The van der Waals surface area contributed by atoms with Gasteiger partial charge in [0.25, 0.3) is 5.91 Å². The van der Waals surface area contributed by atoms with Crippen molar-refractivity contribution in [1.29, 1.82) is 0 Å². The highest BCUT2D eigenvalue weighted by Gasteiger charge is 2.48. The van der Waals surface area contributed by atoms with E-state index in [1.165, 1.54) is 5.69 Å². The van der Waals surface area contributed by atoms with Crippen molar-refractivity contribution in [2.75, 3.05) is 31.1 Å². The van der Waals surface area contributed by atoms with Gasteiger partial charge in [-0.25, -0.2) is 0 Å². The first-order valence-electron chi connectivity index (χ1n) is 12.3. The maximum Gasteiger partial charge on any atom is 0.251 e. The van der Waals surface area contributed by atoms with Gasteiger partial charge in [0.1, 0.15) is 0 Å². The molecular weight excluding hydrogens is 424 g/mol. The molecule has 0 spiro atoms. The zero-order valence-corrected chi connectivity index (χ0v) is 20.1. The molecule has 5 rings (SSSR count). The van der Waals surface area contributed by atoms with Crippen LogP contribution in [0.25, 0.3) is 0 Å². The summed E-state index contributed by atoms with van der Waals surface area (Å²) in [5.41, 5.74) is 3.05. The molecule has 1 N–H and O–H groups in total. The van der Waals surface area contributed by atoms with Crippen molar-refractivity contribution in [2.45, 2.75) is 39.3 Å². The summed E-state index contributed by atoms with van der Waals surface area (Å²) in [6.07, 6.45) is 1.85. The van der Waals surface area contributed by atoms with Crippen LogP contribution in [0.3, 0.4) is 0 Å². The standard InChI is InChI=1S/C28H34N4O2/c1-28(2)22(18-26(28)29-27(33)21-9-5-3-6-10-21)17-23-19-25(34-30-23)20-31-13-15-32(16-14-31)24-11-7-4-8-12-24/h3-12,19,22,26H,13-18,20H2,1-2H3,(H,29,33)/t22-,26+/m1/s1. The van der Waals surface area contributed by atoms with Crippen LogP contribution < -0.4 is 10.2 Å². The van der Waals surface area contributed by atoms with Crippen LogP contribution in [0.2, 0.25) is 0 Å². The number of aromatic nitrogens is 1. The molecule has 34 heavy (non-hydrogen) atoms. The zero-order valence-electron chi connectivity index (χ0n) is 20.1. The van der Waals surface area contributed by atoms with Crippen molar-refractivity contribution in [3.05, 3.63) is 83.7 Å². The van der Waals surface area contributed by atoms with Crippen LogP contribution in [0.15, 0.2) is 71.3 Å². The summed E-state index contributed by atoms with van der Waals surface area (Å²) in [6.45, 7) is 9.37. The van der Waals surface area contributed by atoms with E-state index in [-0.39, 0.29) is 17.4 Å². The van der Waals surface area contributed by atoms with Crippen molar-refractivity contribution in [1.82, 2.24) is 15.4 Å². The van der Waals surface area contributed by atoms with E-state index in [4.69, 9.17) is 4.52 Å². The van der Waals surface area contributed by atoms with E-state index in [1.807, 2.05) is 30.3 Å². The Morgan fingerprint density at radius 2 is 1.71 bits per heavy atom. The molecule has 0 bridgehead atoms. The summed E-state index contributed by atoms with van der Waals surface area (Å²) < 4.78 is 5.69. The summed E-state index contributed by atoms with van der Waals surface area (Å²) in [6, 6.07) is 22.4. The average Bonchev–Trinajstić information content (AvgIpc) is 3.31. The number of nitrogens with one attached hydrogen (secondary N) is 1. The molecule has 1 aliphatic carbocycles. The second-order valence-electron chi connectivity index (χ2n) is 10.2. The predicted molar refractivity (Wildman–Crippen MR) is 134 cm³/mol. The quantitative estimate of drug-likeness (QED) is 0.569. The van der Waals surface area contributed by atoms with Gasteiger partial charge in [-0.1, -0.05) is 55.4 Å². The lowest BCUT2D eigenvalue weighted by Crippen LogP contribution is -2.58. The Morgan fingerprint density at radius 1 is 1.03 bits per heavy atom. The Hall–Kier alpha value is -3.12. The van der Waals surface area contributed by atoms with E-state index < -0.39 is 0 Å². The normalized spacial score (nSPS) is 22.2. The van der Waals surface area contributed by atoms with Gasteiger partial charge < -0.3 is 14.7 Å². The highest BCUT2D eigenvalue weighted by molar-refractivity contribution is 5.94. The summed E-state index contributed by atoms with van der Waals surface area (Å²) in [4.78, 5) is 17.4. The molecule has 2 aliphatic rings. The molecule has 6 nitrogen and oxygen atoms in total. The first-order valence-corrected chi connectivity index (χ1v) is 12.3. The molecule has 1 aromatic heterocycles. The minimum absolute atomic E-state index is 0.00760. The fraction of sp³-hybridized carbons (Fsp3) is 0.429. The lowest BCUT2D eigenvalue weighted by molar-refractivity contribution is 0.0138. The number of anilines is 1. The number of nitrogens with zero attached hydrogens (tertiary/aromatic N) is 3. The lowest BCUT2D eigenvalue weighted by Gasteiger charge is -2.52. The highest BCUT2D eigenvalue weighted by Crippen LogP contribution is 2.47. The molecule has 3 aromatic rings. The Labute approximate surface area is 201 Å². The predicted octanol–water partition coefficient (Wildman–Crippen LogP) is 4.38. The van der Waals surface area contributed by atoms with Crippen LogP contribution in [-0.2, 0) is 13.0 Å². The molecule has 2 atom stereocenters. The van der Waals surface area contributed by atoms with Gasteiger partial charge >= 0.3 is 0 Å². The minimum atomic E-state index is 0.00760. The first kappa shape index (κ1) is 22.7. The monoisotopic (exact) mass is 458 g/mol. The van der Waals surface area contributed by atoms with Crippen LogP contribution in [-0.4, -0.2) is 48.2 Å². The summed E-state index contributed by atoms with van der Waals surface area (Å²) in [5, 5.41) is 7.59. The molecule has 6 heteroatoms. The summed E-state index contributed by atoms with van der Waals surface area (Å²) in [7, 11) is 0. The fourth-order valence-corrected chi connectivity index (χ4v) is 5.24. The topological polar surface area (TPSA) is 61.6 Å². The second kappa shape index (κ2) is 9.63. The molecule has 1 saturated heterocycles. The average molecular weight is 459 g/mol. The second-order valence-corrected chi connectivity index (χ2v) is 10.2. The van der Waals surface area contributed by atoms with Gasteiger partial charge in [0.2, 0.25) is 0 Å². The molecule has 0 unspecified atom stereocenters. The van der Waals surface area contributed by atoms with Crippen molar-refractivity contribution < 1.29 is 9.32 Å². The van der Waals surface area contributed by atoms with E-state index >= 15 is 0 Å². The Morgan fingerprint density at radius 3 is 2.38 bits per heavy atom. The third-order valence-corrected chi connectivity index (χ3v) is 7.75. The molecule has 2 heterocycles. The molecule has 1 amide bonds. The molecule has 178 valence electrons. The van der Waals surface area contributed by atoms with E-state index in [0.29, 0.717) is 11.5 Å². The number of hydrogen-bond donors (Lipinski definition) is 1. The maximum atomic E-state index is 12.5. The van der Waals surface area contributed by atoms with E-state index in [9.17, 15) is 4.79 Å². The smallest absolute Gasteiger partial charge is 0.251 e. The number of para-hydroxylation sites is 1. The SMILES string of the molecule is CC1(C)[C@H](Cc2cc(CN3CCN(c4ccccc4)CC3)on2)C[C@@H]1NC(=O)c1ccccc1. The van der Waals surface area contributed by atoms with Crippen molar-refractivity contribution in [3.63, 3.8) is 0 Å². The van der Waals surface area contributed by atoms with E-state index in [0.717, 1.165) is 57.0 Å². The van der Waals surface area contributed by atoms with Crippen molar-refractivity contribution in [3.8, 4) is 0 Å². The van der Waals surface area contributed by atoms with Gasteiger partial charge in [-0.2, -0.15) is 0 Å². The number of hydrogen-bond acceptors (Lipinski definition) is 5. The lowest BCUT2D eigenvalue weighted by atomic mass is 9.57. The van der Waals surface area contributed by atoms with E-state index in [1.54, 1.807) is 0 Å². The molecule has 1 aliphatic heterocycles. The Kier molecular flexibility index (Phi) is 6.42. The molecule has 1 saturated carbocycles. The van der Waals surface area contributed by atoms with Gasteiger partial charge in [-0.3, -0.25) is 9.69 Å². The molecule has 2 aromatic carbocycles. The number of benzene rings is 2. The van der Waals surface area contributed by atoms with Gasteiger partial charge in [0.15, 0.2) is 5.76 Å². The van der Waals surface area contributed by atoms with Gasteiger partial charge in [0.05, 0.1) is 12.2 Å². The zero-order chi connectivity index (χ0) is 23.5. The molecular formula is C28H34N4O2. The molecule has 0 radical (unpaired) electrons. The van der Waals surface area contributed by atoms with Crippen LogP contribution in [0.1, 0.15) is 42.1 Å². The minimum Gasteiger partial charge on any atom is -0.369 e. The van der Waals surface area contributed by atoms with Crippen molar-refractivity contribution in [2.24, 2.45) is 11.3 Å². The van der Waals surface area contributed by atoms with Crippen LogP contribution in [0.4, 0.5) is 5.69 Å². The van der Waals surface area contributed by atoms with E-state index in [2.05, 4.69) is 70.5 Å². The number of piperazine rings is 1. The highest BCUT2D eigenvalue weighted by atomic mass is 16.5. The number of rotatable bonds is 7. The largest absolute Gasteiger partial charge is 0.369 e. The van der Waals surface area contributed by atoms with Crippen molar-refractivity contribution >= 4 is 11.6 Å². The third kappa shape index (κ3) is 4.87. The number of amides is 1. The van der Waals surface area contributed by atoms with Crippen LogP contribution in [0.5, 0.6) is 0 Å². The Balaban J connectivity index is 1.10. The van der Waals surface area contributed by atoms with Crippen LogP contribution >= 0.6 is 0 Å². The molecule has 2 fully saturated rings. The number of carbonyl (C=O) groups is 1.